The third-order valence-corrected chi connectivity index (χ3v) is 7.37. The number of nitrogens with zero attached hydrogens (tertiary/aromatic N) is 1. The number of alkyl halides is 6. The summed E-state index contributed by atoms with van der Waals surface area (Å²) in [5.74, 6) is -1.32. The molecular weight excluding hydrogens is 639 g/mol. The number of carboxylic acids is 1. The normalized spacial score (nSPS) is 16.9. The largest absolute Gasteiger partial charge is 0.496 e. The maximum absolute atomic E-state index is 14.5. The van der Waals surface area contributed by atoms with Crippen LogP contribution >= 0.6 is 11.6 Å². The molecule has 0 aromatic heterocycles. The molecular formula is C30H25ClF7NO6. The van der Waals surface area contributed by atoms with Gasteiger partial charge in [-0.1, -0.05) is 17.7 Å². The third kappa shape index (κ3) is 7.72. The molecule has 1 heterocycles. The van der Waals surface area contributed by atoms with Crippen LogP contribution in [0.3, 0.4) is 0 Å². The molecule has 0 bridgehead atoms. The minimum absolute atomic E-state index is 0.0121. The van der Waals surface area contributed by atoms with Crippen molar-refractivity contribution in [1.29, 1.82) is 0 Å². The van der Waals surface area contributed by atoms with Crippen LogP contribution in [-0.2, 0) is 28.4 Å². The number of aliphatic carboxylic acids is 1. The first-order valence-electron chi connectivity index (χ1n) is 13.3. The average Bonchev–Trinajstić information content (AvgIpc) is 3.23. The van der Waals surface area contributed by atoms with E-state index in [2.05, 4.69) is 0 Å². The van der Waals surface area contributed by atoms with Gasteiger partial charge in [0.2, 0.25) is 0 Å². The Morgan fingerprint density at radius 3 is 2.20 bits per heavy atom. The standard InChI is InChI=1S/C30H25ClF7NO6/c1-15-27(16-8-18(29(33,34)35)11-19(9-16)30(36,37)38)45-28(42)39(15)14-17-10-20(32)5-6-21(17)22-12-25(23(31)13-24(22)43-2)44-7-3-4-26(40)41/h5-6,8-13,15,27H,3-4,7,14H2,1-2H3,(H,40,41)/t15-,27-/m0/s1. The molecule has 0 radical (unpaired) electrons. The molecule has 1 aliphatic rings. The molecule has 7 nitrogen and oxygen atoms in total. The third-order valence-electron chi connectivity index (χ3n) is 7.08. The minimum Gasteiger partial charge on any atom is -0.496 e. The Balaban J connectivity index is 1.69. The lowest BCUT2D eigenvalue weighted by Crippen LogP contribution is -2.31. The summed E-state index contributed by atoms with van der Waals surface area (Å²) >= 11 is 6.31. The summed E-state index contributed by atoms with van der Waals surface area (Å²) in [5, 5.41) is 8.98. The Morgan fingerprint density at radius 1 is 0.978 bits per heavy atom. The van der Waals surface area contributed by atoms with Gasteiger partial charge < -0.3 is 19.3 Å². The van der Waals surface area contributed by atoms with E-state index < -0.39 is 59.1 Å². The van der Waals surface area contributed by atoms with Crippen molar-refractivity contribution in [3.05, 3.63) is 81.6 Å². The monoisotopic (exact) mass is 663 g/mol. The van der Waals surface area contributed by atoms with Crippen molar-refractivity contribution < 1.29 is 59.6 Å². The summed E-state index contributed by atoms with van der Waals surface area (Å²) in [6.07, 6.45) is -12.7. The van der Waals surface area contributed by atoms with Crippen LogP contribution in [0.2, 0.25) is 5.02 Å². The summed E-state index contributed by atoms with van der Waals surface area (Å²) < 4.78 is 112. The number of halogens is 8. The van der Waals surface area contributed by atoms with Gasteiger partial charge in [0, 0.05) is 18.1 Å². The molecule has 45 heavy (non-hydrogen) atoms. The van der Waals surface area contributed by atoms with E-state index in [0.29, 0.717) is 23.3 Å². The zero-order valence-corrected chi connectivity index (χ0v) is 24.3. The molecule has 0 spiro atoms. The van der Waals surface area contributed by atoms with E-state index in [0.717, 1.165) is 17.0 Å². The molecule has 242 valence electrons. The molecule has 2 atom stereocenters. The Labute approximate surface area is 257 Å². The second-order valence-electron chi connectivity index (χ2n) is 10.1. The predicted octanol–water partition coefficient (Wildman–Crippen LogP) is 8.52. The van der Waals surface area contributed by atoms with Gasteiger partial charge in [-0.25, -0.2) is 9.18 Å². The van der Waals surface area contributed by atoms with Crippen LogP contribution in [0.25, 0.3) is 11.1 Å². The second kappa shape index (κ2) is 13.0. The minimum atomic E-state index is -5.10. The van der Waals surface area contributed by atoms with Crippen molar-refractivity contribution >= 4 is 23.7 Å². The lowest BCUT2D eigenvalue weighted by Gasteiger charge is -2.24. The van der Waals surface area contributed by atoms with Crippen molar-refractivity contribution in [2.75, 3.05) is 13.7 Å². The molecule has 1 fully saturated rings. The maximum Gasteiger partial charge on any atom is 0.416 e. The van der Waals surface area contributed by atoms with Gasteiger partial charge in [0.05, 0.1) is 42.5 Å². The van der Waals surface area contributed by atoms with Crippen LogP contribution in [-0.4, -0.2) is 41.8 Å². The van der Waals surface area contributed by atoms with Crippen molar-refractivity contribution in [2.24, 2.45) is 0 Å². The molecule has 4 rings (SSSR count). The van der Waals surface area contributed by atoms with Crippen molar-refractivity contribution in [1.82, 2.24) is 4.90 Å². The number of cyclic esters (lactones) is 1. The van der Waals surface area contributed by atoms with Gasteiger partial charge in [-0.15, -0.1) is 0 Å². The molecule has 15 heteroatoms. The number of benzene rings is 3. The van der Waals surface area contributed by atoms with E-state index >= 15 is 0 Å². The van der Waals surface area contributed by atoms with Crippen molar-refractivity contribution in [3.8, 4) is 22.6 Å². The number of rotatable bonds is 10. The number of hydrogen-bond donors (Lipinski definition) is 1. The topological polar surface area (TPSA) is 85.3 Å². The van der Waals surface area contributed by atoms with Crippen molar-refractivity contribution in [3.63, 3.8) is 0 Å². The Hall–Kier alpha value is -4.20. The average molecular weight is 664 g/mol. The highest BCUT2D eigenvalue weighted by Crippen LogP contribution is 2.43. The smallest absolute Gasteiger partial charge is 0.416 e. The van der Waals surface area contributed by atoms with Crippen LogP contribution in [0.15, 0.2) is 48.5 Å². The molecule has 1 amide bonds. The maximum atomic E-state index is 14.5. The Morgan fingerprint density at radius 2 is 1.62 bits per heavy atom. The zero-order chi connectivity index (χ0) is 33.3. The van der Waals surface area contributed by atoms with Crippen molar-refractivity contribution in [2.45, 2.75) is 50.8 Å². The van der Waals surface area contributed by atoms with E-state index in [1.165, 1.54) is 32.2 Å². The fourth-order valence-electron chi connectivity index (χ4n) is 4.87. The number of carbonyl (C=O) groups is 2. The van der Waals surface area contributed by atoms with Gasteiger partial charge >= 0.3 is 24.4 Å². The highest BCUT2D eigenvalue weighted by atomic mass is 35.5. The SMILES string of the molecule is COc1cc(Cl)c(OCCCC(=O)O)cc1-c1ccc(F)cc1CN1C(=O)O[C@H](c2cc(C(F)(F)F)cc(C(F)(F)F)c2)[C@@H]1C. The Kier molecular flexibility index (Phi) is 9.76. The number of carboxylic acid groups (broad SMARTS) is 1. The van der Waals surface area contributed by atoms with Crippen LogP contribution < -0.4 is 9.47 Å². The molecule has 1 N–H and O–H groups in total. The molecule has 0 unspecified atom stereocenters. The lowest BCUT2D eigenvalue weighted by molar-refractivity contribution is -0.143. The van der Waals surface area contributed by atoms with Crippen LogP contribution in [0.1, 0.15) is 48.1 Å². The number of ether oxygens (including phenoxy) is 3. The molecule has 3 aromatic rings. The van der Waals surface area contributed by atoms with Gasteiger partial charge in [0.15, 0.2) is 0 Å². The number of methoxy groups -OCH3 is 1. The van der Waals surface area contributed by atoms with E-state index in [1.54, 1.807) is 0 Å². The number of hydrogen-bond acceptors (Lipinski definition) is 5. The fraction of sp³-hybridized carbons (Fsp3) is 0.333. The molecule has 3 aromatic carbocycles. The van der Waals surface area contributed by atoms with E-state index in [-0.39, 0.29) is 54.1 Å². The van der Waals surface area contributed by atoms with E-state index in [4.69, 9.17) is 30.9 Å². The molecule has 0 saturated carbocycles. The predicted molar refractivity (Wildman–Crippen MR) is 146 cm³/mol. The summed E-state index contributed by atoms with van der Waals surface area (Å²) in [5.41, 5.74) is -2.76. The highest BCUT2D eigenvalue weighted by molar-refractivity contribution is 6.32. The summed E-state index contributed by atoms with van der Waals surface area (Å²) in [7, 11) is 1.35. The summed E-state index contributed by atoms with van der Waals surface area (Å²) in [6, 6.07) is 6.43. The van der Waals surface area contributed by atoms with E-state index in [1.807, 2.05) is 0 Å². The first-order valence-corrected chi connectivity index (χ1v) is 13.6. The fourth-order valence-corrected chi connectivity index (χ4v) is 5.08. The zero-order valence-electron chi connectivity index (χ0n) is 23.6. The van der Waals surface area contributed by atoms with Crippen LogP contribution in [0, 0.1) is 5.82 Å². The molecule has 1 aliphatic heterocycles. The van der Waals surface area contributed by atoms with E-state index in [9.17, 15) is 40.3 Å². The lowest BCUT2D eigenvalue weighted by atomic mass is 9.96. The summed E-state index contributed by atoms with van der Waals surface area (Å²) in [6.45, 7) is 1.04. The highest BCUT2D eigenvalue weighted by Gasteiger charge is 2.43. The quantitative estimate of drug-likeness (QED) is 0.173. The van der Waals surface area contributed by atoms with Gasteiger partial charge in [-0.05, 0) is 66.4 Å². The summed E-state index contributed by atoms with van der Waals surface area (Å²) in [4.78, 5) is 24.8. The van der Waals surface area contributed by atoms with Crippen LogP contribution in [0.5, 0.6) is 11.5 Å². The Bertz CT molecular complexity index is 1560. The molecule has 0 aliphatic carbocycles. The van der Waals surface area contributed by atoms with Gasteiger partial charge in [-0.2, -0.15) is 26.3 Å². The van der Waals surface area contributed by atoms with Gasteiger partial charge in [0.1, 0.15) is 23.4 Å². The van der Waals surface area contributed by atoms with Crippen LogP contribution in [0.4, 0.5) is 35.5 Å². The van der Waals surface area contributed by atoms with Gasteiger partial charge in [-0.3, -0.25) is 9.69 Å². The second-order valence-corrected chi connectivity index (χ2v) is 10.5. The first kappa shape index (κ1) is 33.7. The number of carbonyl (C=O) groups excluding carboxylic acids is 1. The molecule has 1 saturated heterocycles. The van der Waals surface area contributed by atoms with Gasteiger partial charge in [0.25, 0.3) is 0 Å². The first-order chi connectivity index (χ1) is 21.0. The number of amides is 1.